The van der Waals surface area contributed by atoms with Crippen molar-refractivity contribution in [3.05, 3.63) is 18.5 Å². The summed E-state index contributed by atoms with van der Waals surface area (Å²) in [5, 5.41) is 0. The first-order valence-electron chi connectivity index (χ1n) is 6.17. The molecule has 2 rings (SSSR count). The van der Waals surface area contributed by atoms with Crippen LogP contribution in [-0.4, -0.2) is 42.5 Å². The number of nitrogen functional groups attached to an aromatic ring is 1. The number of carbonyl (C=O) groups is 1. The van der Waals surface area contributed by atoms with Crippen molar-refractivity contribution in [2.75, 3.05) is 18.0 Å². The molecule has 2 N–H and O–H groups in total. The van der Waals surface area contributed by atoms with Gasteiger partial charge in [-0.25, -0.2) is 8.42 Å². The molecule has 7 heteroatoms. The summed E-state index contributed by atoms with van der Waals surface area (Å²) in [5.41, 5.74) is 5.67. The highest BCUT2D eigenvalue weighted by molar-refractivity contribution is 7.92. The van der Waals surface area contributed by atoms with Crippen LogP contribution in [0.5, 0.6) is 0 Å². The van der Waals surface area contributed by atoms with Crippen molar-refractivity contribution in [1.82, 2.24) is 9.88 Å². The first-order chi connectivity index (χ1) is 8.95. The second kappa shape index (κ2) is 5.16. The summed E-state index contributed by atoms with van der Waals surface area (Å²) < 4.78 is 24.3. The van der Waals surface area contributed by atoms with Crippen LogP contribution in [0.1, 0.15) is 19.8 Å². The Bertz CT molecular complexity index is 582. The number of hydrogen-bond donors (Lipinski definition) is 1. The van der Waals surface area contributed by atoms with Gasteiger partial charge < -0.3 is 10.6 Å². The third kappa shape index (κ3) is 3.04. The summed E-state index contributed by atoms with van der Waals surface area (Å²) in [6, 6.07) is 1.54. The maximum Gasteiger partial charge on any atom is 0.238 e. The number of pyridine rings is 1. The van der Waals surface area contributed by atoms with Crippen molar-refractivity contribution in [3.8, 4) is 0 Å². The third-order valence-electron chi connectivity index (χ3n) is 3.11. The van der Waals surface area contributed by atoms with Crippen molar-refractivity contribution in [1.29, 1.82) is 0 Å². The van der Waals surface area contributed by atoms with Crippen molar-refractivity contribution in [3.63, 3.8) is 0 Å². The van der Waals surface area contributed by atoms with Gasteiger partial charge in [-0.15, -0.1) is 0 Å². The SMILES string of the molecule is CCN(C(=O)CS(=O)(=O)c1ccncc1N)C1CC1. The summed E-state index contributed by atoms with van der Waals surface area (Å²) in [7, 11) is -3.71. The molecule has 0 unspecified atom stereocenters. The fraction of sp³-hybridized carbons (Fsp3) is 0.500. The van der Waals surface area contributed by atoms with Gasteiger partial charge in [-0.2, -0.15) is 0 Å². The Labute approximate surface area is 112 Å². The lowest BCUT2D eigenvalue weighted by molar-refractivity contribution is -0.128. The number of hydrogen-bond acceptors (Lipinski definition) is 5. The van der Waals surface area contributed by atoms with Crippen LogP contribution in [0, 0.1) is 0 Å². The Kier molecular flexibility index (Phi) is 3.75. The van der Waals surface area contributed by atoms with E-state index < -0.39 is 15.6 Å². The van der Waals surface area contributed by atoms with E-state index in [0.717, 1.165) is 12.8 Å². The van der Waals surface area contributed by atoms with E-state index in [-0.39, 0.29) is 22.5 Å². The molecule has 0 radical (unpaired) electrons. The molecule has 0 atom stereocenters. The van der Waals surface area contributed by atoms with Crippen LogP contribution in [0.15, 0.2) is 23.4 Å². The summed E-state index contributed by atoms with van der Waals surface area (Å²) >= 11 is 0. The summed E-state index contributed by atoms with van der Waals surface area (Å²) in [6.07, 6.45) is 4.54. The van der Waals surface area contributed by atoms with E-state index in [2.05, 4.69) is 4.98 Å². The number of nitrogens with two attached hydrogens (primary N) is 1. The molecule has 1 amide bonds. The van der Waals surface area contributed by atoms with Crippen LogP contribution in [0.25, 0.3) is 0 Å². The molecule has 104 valence electrons. The first-order valence-corrected chi connectivity index (χ1v) is 7.82. The fourth-order valence-corrected chi connectivity index (χ4v) is 3.35. The second-order valence-corrected chi connectivity index (χ2v) is 6.54. The molecule has 1 heterocycles. The highest BCUT2D eigenvalue weighted by Crippen LogP contribution is 2.27. The number of amides is 1. The Morgan fingerprint density at radius 2 is 2.21 bits per heavy atom. The Balaban J connectivity index is 2.17. The molecule has 1 aliphatic rings. The molecular formula is C12H17N3O3S. The number of rotatable bonds is 5. The van der Waals surface area contributed by atoms with Crippen LogP contribution in [0.2, 0.25) is 0 Å². The summed E-state index contributed by atoms with van der Waals surface area (Å²) in [6.45, 7) is 2.38. The second-order valence-electron chi connectivity index (χ2n) is 4.58. The lowest BCUT2D eigenvalue weighted by atomic mass is 10.4. The third-order valence-corrected chi connectivity index (χ3v) is 4.78. The highest BCUT2D eigenvalue weighted by Gasteiger charge is 2.33. The van der Waals surface area contributed by atoms with Gasteiger partial charge in [0, 0.05) is 18.8 Å². The zero-order valence-corrected chi connectivity index (χ0v) is 11.6. The molecule has 6 nitrogen and oxygen atoms in total. The zero-order chi connectivity index (χ0) is 14.0. The predicted molar refractivity (Wildman–Crippen MR) is 71.1 cm³/mol. The normalized spacial score (nSPS) is 15.2. The van der Waals surface area contributed by atoms with Crippen molar-refractivity contribution >= 4 is 21.4 Å². The number of anilines is 1. The lowest BCUT2D eigenvalue weighted by Gasteiger charge is -2.20. The van der Waals surface area contributed by atoms with Gasteiger partial charge in [0.1, 0.15) is 5.75 Å². The first kappa shape index (κ1) is 13.8. The van der Waals surface area contributed by atoms with Gasteiger partial charge in [-0.05, 0) is 25.8 Å². The van der Waals surface area contributed by atoms with E-state index in [9.17, 15) is 13.2 Å². The van der Waals surface area contributed by atoms with E-state index >= 15 is 0 Å². The minimum absolute atomic E-state index is 0.0253. The number of sulfone groups is 1. The number of carbonyl (C=O) groups excluding carboxylic acids is 1. The van der Waals surface area contributed by atoms with Gasteiger partial charge in [0.15, 0.2) is 9.84 Å². The minimum Gasteiger partial charge on any atom is -0.396 e. The maximum absolute atomic E-state index is 12.2. The largest absolute Gasteiger partial charge is 0.396 e. The van der Waals surface area contributed by atoms with Crippen LogP contribution < -0.4 is 5.73 Å². The maximum atomic E-state index is 12.2. The Morgan fingerprint density at radius 3 is 2.74 bits per heavy atom. The molecule has 1 fully saturated rings. The van der Waals surface area contributed by atoms with Gasteiger partial charge in [0.25, 0.3) is 0 Å². The molecule has 0 saturated heterocycles. The fourth-order valence-electron chi connectivity index (χ4n) is 2.02. The van der Waals surface area contributed by atoms with Crippen molar-refractivity contribution in [2.24, 2.45) is 0 Å². The molecule has 0 bridgehead atoms. The van der Waals surface area contributed by atoms with Crippen molar-refractivity contribution in [2.45, 2.75) is 30.7 Å². The topological polar surface area (TPSA) is 93.4 Å². The van der Waals surface area contributed by atoms with E-state index in [1.807, 2.05) is 6.92 Å². The number of aromatic nitrogens is 1. The van der Waals surface area contributed by atoms with Crippen molar-refractivity contribution < 1.29 is 13.2 Å². The molecule has 0 aliphatic heterocycles. The molecule has 1 aromatic rings. The Hall–Kier alpha value is -1.63. The average molecular weight is 283 g/mol. The minimum atomic E-state index is -3.71. The monoisotopic (exact) mass is 283 g/mol. The van der Waals surface area contributed by atoms with Gasteiger partial charge in [0.05, 0.1) is 16.8 Å². The number of nitrogens with zero attached hydrogens (tertiary/aromatic N) is 2. The van der Waals surface area contributed by atoms with Gasteiger partial charge in [-0.3, -0.25) is 9.78 Å². The summed E-state index contributed by atoms with van der Waals surface area (Å²) in [5.74, 6) is -0.896. The molecule has 0 spiro atoms. The van der Waals surface area contributed by atoms with Gasteiger partial charge in [0.2, 0.25) is 5.91 Å². The quantitative estimate of drug-likeness (QED) is 0.846. The van der Waals surface area contributed by atoms with E-state index in [1.165, 1.54) is 18.5 Å². The van der Waals surface area contributed by atoms with E-state index in [4.69, 9.17) is 5.73 Å². The van der Waals surface area contributed by atoms with Crippen LogP contribution >= 0.6 is 0 Å². The molecule has 1 aromatic heterocycles. The highest BCUT2D eigenvalue weighted by atomic mass is 32.2. The molecule has 0 aromatic carbocycles. The Morgan fingerprint density at radius 1 is 1.53 bits per heavy atom. The van der Waals surface area contributed by atoms with E-state index in [1.54, 1.807) is 4.90 Å². The zero-order valence-electron chi connectivity index (χ0n) is 10.7. The standard InChI is InChI=1S/C12H17N3O3S/c1-2-15(9-3-4-9)12(16)8-19(17,18)11-5-6-14-7-10(11)13/h5-7,9H,2-4,8,13H2,1H3. The molecular weight excluding hydrogens is 266 g/mol. The smallest absolute Gasteiger partial charge is 0.238 e. The van der Waals surface area contributed by atoms with E-state index in [0.29, 0.717) is 6.54 Å². The van der Waals surface area contributed by atoms with Crippen LogP contribution in [0.4, 0.5) is 5.69 Å². The summed E-state index contributed by atoms with van der Waals surface area (Å²) in [4.78, 5) is 17.4. The predicted octanol–water partition coefficient (Wildman–Crippen LogP) is 0.448. The van der Waals surface area contributed by atoms with Gasteiger partial charge in [-0.1, -0.05) is 0 Å². The molecule has 1 saturated carbocycles. The molecule has 1 aliphatic carbocycles. The van der Waals surface area contributed by atoms with Gasteiger partial charge >= 0.3 is 0 Å². The average Bonchev–Trinajstić information content (AvgIpc) is 3.14. The van der Waals surface area contributed by atoms with Crippen LogP contribution in [0.3, 0.4) is 0 Å². The van der Waals surface area contributed by atoms with Crippen LogP contribution in [-0.2, 0) is 14.6 Å². The lowest BCUT2D eigenvalue weighted by Crippen LogP contribution is -2.37. The molecule has 19 heavy (non-hydrogen) atoms.